The Morgan fingerprint density at radius 3 is 2.93 bits per heavy atom. The predicted octanol–water partition coefficient (Wildman–Crippen LogP) is 2.44. The van der Waals surface area contributed by atoms with Crippen molar-refractivity contribution < 1.29 is 4.39 Å². The zero-order valence-corrected chi connectivity index (χ0v) is 7.37. The summed E-state index contributed by atoms with van der Waals surface area (Å²) < 4.78 is 13.3. The Kier molecular flexibility index (Phi) is 2.11. The van der Waals surface area contributed by atoms with Crippen LogP contribution in [-0.2, 0) is 6.42 Å². The Balaban J connectivity index is 2.76. The number of rotatable bonds is 1. The Bertz CT molecular complexity index is 514. The molecule has 0 unspecified atom stereocenters. The molecular formula is C11H7FN2. The highest BCUT2D eigenvalue weighted by molar-refractivity contribution is 5.85. The molecule has 3 heteroatoms. The monoisotopic (exact) mass is 186 g/mol. The van der Waals surface area contributed by atoms with Gasteiger partial charge < -0.3 is 0 Å². The maximum absolute atomic E-state index is 13.3. The van der Waals surface area contributed by atoms with Crippen LogP contribution < -0.4 is 0 Å². The molecule has 0 saturated heterocycles. The first-order valence-corrected chi connectivity index (χ1v) is 4.21. The third-order valence-corrected chi connectivity index (χ3v) is 2.11. The van der Waals surface area contributed by atoms with Gasteiger partial charge in [0.25, 0.3) is 0 Å². The van der Waals surface area contributed by atoms with E-state index in [-0.39, 0.29) is 12.2 Å². The molecule has 0 atom stereocenters. The molecule has 1 aromatic heterocycles. The van der Waals surface area contributed by atoms with E-state index in [1.165, 1.54) is 6.20 Å². The van der Waals surface area contributed by atoms with E-state index < -0.39 is 0 Å². The summed E-state index contributed by atoms with van der Waals surface area (Å²) in [6, 6.07) is 7.29. The summed E-state index contributed by atoms with van der Waals surface area (Å²) in [7, 11) is 0. The minimum Gasteiger partial charge on any atom is -0.261 e. The summed E-state index contributed by atoms with van der Waals surface area (Å²) in [5.74, 6) is -0.345. The molecule has 2 nitrogen and oxygen atoms in total. The van der Waals surface area contributed by atoms with E-state index in [9.17, 15) is 4.39 Å². The lowest BCUT2D eigenvalue weighted by molar-refractivity contribution is 0.634. The molecule has 0 aliphatic rings. The number of hydrogen-bond donors (Lipinski definition) is 0. The lowest BCUT2D eigenvalue weighted by Crippen LogP contribution is -1.88. The normalized spacial score (nSPS) is 10.0. The van der Waals surface area contributed by atoms with Crippen LogP contribution in [0.4, 0.5) is 4.39 Å². The molecule has 0 saturated carbocycles. The van der Waals surface area contributed by atoms with E-state index in [0.717, 1.165) is 5.56 Å². The molecule has 1 aromatic carbocycles. The fraction of sp³-hybridized carbons (Fsp3) is 0.0909. The number of pyridine rings is 1. The van der Waals surface area contributed by atoms with Gasteiger partial charge in [-0.05, 0) is 5.56 Å². The van der Waals surface area contributed by atoms with Crippen molar-refractivity contribution >= 4 is 10.8 Å². The van der Waals surface area contributed by atoms with E-state index >= 15 is 0 Å². The van der Waals surface area contributed by atoms with Gasteiger partial charge in [0.1, 0.15) is 5.82 Å². The maximum atomic E-state index is 13.3. The van der Waals surface area contributed by atoms with Gasteiger partial charge in [-0.25, -0.2) is 4.39 Å². The lowest BCUT2D eigenvalue weighted by Gasteiger charge is -2.02. The fourth-order valence-electron chi connectivity index (χ4n) is 1.46. The van der Waals surface area contributed by atoms with Crippen molar-refractivity contribution in [2.45, 2.75) is 6.42 Å². The standard InChI is InChI=1S/C11H7FN2/c12-11-7-14-6-10-8(4-5-13)2-1-3-9(10)11/h1-3,6-7H,4H2. The van der Waals surface area contributed by atoms with Crippen molar-refractivity contribution in [3.05, 3.63) is 42.0 Å². The average molecular weight is 186 g/mol. The quantitative estimate of drug-likeness (QED) is 0.685. The molecule has 0 fully saturated rings. The second-order valence-electron chi connectivity index (χ2n) is 2.97. The van der Waals surface area contributed by atoms with Crippen molar-refractivity contribution in [1.82, 2.24) is 4.98 Å². The largest absolute Gasteiger partial charge is 0.261 e. The summed E-state index contributed by atoms with van der Waals surface area (Å²) in [5, 5.41) is 9.82. The maximum Gasteiger partial charge on any atom is 0.149 e. The van der Waals surface area contributed by atoms with Gasteiger partial charge in [0.2, 0.25) is 0 Å². The van der Waals surface area contributed by atoms with Gasteiger partial charge in [0.05, 0.1) is 18.7 Å². The van der Waals surface area contributed by atoms with Gasteiger partial charge in [0, 0.05) is 17.0 Å². The number of nitriles is 1. The van der Waals surface area contributed by atoms with E-state index in [1.807, 2.05) is 12.1 Å². The van der Waals surface area contributed by atoms with Crippen LogP contribution in [0, 0.1) is 17.1 Å². The van der Waals surface area contributed by atoms with Crippen molar-refractivity contribution in [2.75, 3.05) is 0 Å². The molecule has 0 spiro atoms. The lowest BCUT2D eigenvalue weighted by atomic mass is 10.0. The van der Waals surface area contributed by atoms with E-state index in [1.54, 1.807) is 18.3 Å². The van der Waals surface area contributed by atoms with Crippen molar-refractivity contribution in [1.29, 1.82) is 5.26 Å². The number of aromatic nitrogens is 1. The Hall–Kier alpha value is -1.95. The minimum atomic E-state index is -0.345. The molecule has 68 valence electrons. The zero-order valence-electron chi connectivity index (χ0n) is 7.37. The Labute approximate surface area is 80.6 Å². The number of nitrogens with zero attached hydrogens (tertiary/aromatic N) is 2. The second-order valence-corrected chi connectivity index (χ2v) is 2.97. The third-order valence-electron chi connectivity index (χ3n) is 2.11. The van der Waals surface area contributed by atoms with Gasteiger partial charge in [-0.2, -0.15) is 5.26 Å². The molecule has 1 heterocycles. The number of hydrogen-bond acceptors (Lipinski definition) is 2. The molecule has 2 aromatic rings. The second kappa shape index (κ2) is 3.43. The summed E-state index contributed by atoms with van der Waals surface area (Å²) >= 11 is 0. The molecular weight excluding hydrogens is 179 g/mol. The van der Waals surface area contributed by atoms with E-state index in [0.29, 0.717) is 10.8 Å². The zero-order chi connectivity index (χ0) is 9.97. The van der Waals surface area contributed by atoms with Crippen molar-refractivity contribution in [2.24, 2.45) is 0 Å². The number of fused-ring (bicyclic) bond motifs is 1. The SMILES string of the molecule is N#CCc1cccc2c(F)cncc12. The van der Waals surface area contributed by atoms with Gasteiger partial charge in [-0.15, -0.1) is 0 Å². The third kappa shape index (κ3) is 1.31. The summed E-state index contributed by atoms with van der Waals surface area (Å²) in [6.07, 6.45) is 3.05. The van der Waals surface area contributed by atoms with Gasteiger partial charge in [-0.3, -0.25) is 4.98 Å². The highest BCUT2D eigenvalue weighted by Crippen LogP contribution is 2.20. The molecule has 0 aliphatic heterocycles. The van der Waals surface area contributed by atoms with Crippen LogP contribution in [0.15, 0.2) is 30.6 Å². The van der Waals surface area contributed by atoms with Crippen LogP contribution in [0.1, 0.15) is 5.56 Å². The summed E-state index contributed by atoms with van der Waals surface area (Å²) in [5.41, 5.74) is 0.817. The smallest absolute Gasteiger partial charge is 0.149 e. The van der Waals surface area contributed by atoms with E-state index in [4.69, 9.17) is 5.26 Å². The highest BCUT2D eigenvalue weighted by Gasteiger charge is 2.04. The molecule has 0 bridgehead atoms. The first-order valence-electron chi connectivity index (χ1n) is 4.21. The molecule has 2 rings (SSSR count). The van der Waals surface area contributed by atoms with Gasteiger partial charge in [-0.1, -0.05) is 18.2 Å². The van der Waals surface area contributed by atoms with Crippen LogP contribution in [0.3, 0.4) is 0 Å². The van der Waals surface area contributed by atoms with Crippen LogP contribution >= 0.6 is 0 Å². The van der Waals surface area contributed by atoms with Crippen LogP contribution in [-0.4, -0.2) is 4.98 Å². The molecule has 0 amide bonds. The summed E-state index contributed by atoms with van der Waals surface area (Å²) in [4.78, 5) is 3.77. The summed E-state index contributed by atoms with van der Waals surface area (Å²) in [6.45, 7) is 0. The van der Waals surface area contributed by atoms with Crippen LogP contribution in [0.25, 0.3) is 10.8 Å². The Morgan fingerprint density at radius 1 is 1.29 bits per heavy atom. The predicted molar refractivity (Wildman–Crippen MR) is 51.0 cm³/mol. The van der Waals surface area contributed by atoms with Crippen LogP contribution in [0.2, 0.25) is 0 Å². The number of halogens is 1. The van der Waals surface area contributed by atoms with Crippen LogP contribution in [0.5, 0.6) is 0 Å². The first kappa shape index (κ1) is 8.64. The average Bonchev–Trinajstić information content (AvgIpc) is 2.20. The first-order chi connectivity index (χ1) is 6.83. The molecule has 0 N–H and O–H groups in total. The number of benzene rings is 1. The van der Waals surface area contributed by atoms with E-state index in [2.05, 4.69) is 4.98 Å². The van der Waals surface area contributed by atoms with Gasteiger partial charge >= 0.3 is 0 Å². The topological polar surface area (TPSA) is 36.7 Å². The Morgan fingerprint density at radius 2 is 2.14 bits per heavy atom. The fourth-order valence-corrected chi connectivity index (χ4v) is 1.46. The molecule has 0 radical (unpaired) electrons. The highest BCUT2D eigenvalue weighted by atomic mass is 19.1. The van der Waals surface area contributed by atoms with Crippen molar-refractivity contribution in [3.63, 3.8) is 0 Å². The minimum absolute atomic E-state index is 0.280. The molecule has 0 aliphatic carbocycles. The van der Waals surface area contributed by atoms with Gasteiger partial charge in [0.15, 0.2) is 0 Å². The molecule has 14 heavy (non-hydrogen) atoms. The van der Waals surface area contributed by atoms with Crippen molar-refractivity contribution in [3.8, 4) is 6.07 Å².